The highest BCUT2D eigenvalue weighted by Crippen LogP contribution is 2.23. The third kappa shape index (κ3) is 4.69. The minimum Gasteiger partial charge on any atom is -0.345 e. The van der Waals surface area contributed by atoms with Gasteiger partial charge in [0.15, 0.2) is 5.82 Å². The van der Waals surface area contributed by atoms with Crippen LogP contribution in [-0.2, 0) is 0 Å². The Bertz CT molecular complexity index is 1030. The Morgan fingerprint density at radius 1 is 0.967 bits per heavy atom. The van der Waals surface area contributed by atoms with E-state index in [-0.39, 0.29) is 17.9 Å². The van der Waals surface area contributed by atoms with Gasteiger partial charge in [0.2, 0.25) is 0 Å². The van der Waals surface area contributed by atoms with E-state index in [1.54, 1.807) is 42.9 Å². The molecule has 1 heterocycles. The van der Waals surface area contributed by atoms with E-state index in [2.05, 4.69) is 15.3 Å². The van der Waals surface area contributed by atoms with E-state index in [1.807, 2.05) is 44.2 Å². The summed E-state index contributed by atoms with van der Waals surface area (Å²) < 4.78 is 0. The van der Waals surface area contributed by atoms with Gasteiger partial charge in [0, 0.05) is 17.3 Å². The highest BCUT2D eigenvalue weighted by atomic mass is 16.5. The number of hydroxylamine groups is 1. The Labute approximate surface area is 175 Å². The van der Waals surface area contributed by atoms with Gasteiger partial charge in [-0.2, -0.15) is 0 Å². The highest BCUT2D eigenvalue weighted by Gasteiger charge is 2.21. The van der Waals surface area contributed by atoms with Crippen molar-refractivity contribution in [1.82, 2.24) is 20.8 Å². The molecule has 2 aromatic carbocycles. The number of rotatable bonds is 6. The van der Waals surface area contributed by atoms with E-state index in [1.165, 1.54) is 0 Å². The van der Waals surface area contributed by atoms with E-state index in [0.717, 1.165) is 11.1 Å². The van der Waals surface area contributed by atoms with Crippen LogP contribution < -0.4 is 10.8 Å². The van der Waals surface area contributed by atoms with Crippen molar-refractivity contribution in [2.45, 2.75) is 26.8 Å². The molecule has 3 aromatic rings. The topological polar surface area (TPSA) is 104 Å². The van der Waals surface area contributed by atoms with Crippen LogP contribution in [0, 0.1) is 12.8 Å². The van der Waals surface area contributed by atoms with E-state index in [0.29, 0.717) is 22.6 Å². The predicted molar refractivity (Wildman–Crippen MR) is 113 cm³/mol. The van der Waals surface area contributed by atoms with E-state index in [4.69, 9.17) is 5.21 Å². The predicted octanol–water partition coefficient (Wildman–Crippen LogP) is 3.70. The molecule has 0 aliphatic heterocycles. The van der Waals surface area contributed by atoms with Gasteiger partial charge in [-0.3, -0.25) is 14.8 Å². The Morgan fingerprint density at radius 2 is 1.63 bits per heavy atom. The molecule has 1 atom stereocenters. The Balaban J connectivity index is 1.81. The largest absolute Gasteiger partial charge is 0.345 e. The molecule has 0 fully saturated rings. The fourth-order valence-electron chi connectivity index (χ4n) is 3.18. The minimum absolute atomic E-state index is 0.108. The lowest BCUT2D eigenvalue weighted by molar-refractivity contribution is 0.0706. The lowest BCUT2D eigenvalue weighted by atomic mass is 9.94. The molecule has 0 bridgehead atoms. The van der Waals surface area contributed by atoms with Gasteiger partial charge in [0.05, 0.1) is 17.3 Å². The highest BCUT2D eigenvalue weighted by molar-refractivity contribution is 5.95. The van der Waals surface area contributed by atoms with Gasteiger partial charge in [-0.15, -0.1) is 0 Å². The quantitative estimate of drug-likeness (QED) is 0.429. The number of amides is 2. The van der Waals surface area contributed by atoms with Gasteiger partial charge >= 0.3 is 0 Å². The number of aromatic nitrogens is 2. The van der Waals surface area contributed by atoms with E-state index < -0.39 is 5.91 Å². The molecule has 7 nitrogen and oxygen atoms in total. The first-order valence-corrected chi connectivity index (χ1v) is 9.65. The van der Waals surface area contributed by atoms with Crippen LogP contribution in [0.5, 0.6) is 0 Å². The van der Waals surface area contributed by atoms with Crippen molar-refractivity contribution in [3.63, 3.8) is 0 Å². The minimum atomic E-state index is -0.585. The van der Waals surface area contributed by atoms with Crippen LogP contribution in [0.2, 0.25) is 0 Å². The molecule has 0 saturated carbocycles. The second kappa shape index (κ2) is 9.28. The van der Waals surface area contributed by atoms with Crippen LogP contribution in [0.3, 0.4) is 0 Å². The number of benzene rings is 2. The molecule has 0 radical (unpaired) electrons. The molecule has 0 aliphatic rings. The zero-order chi connectivity index (χ0) is 21.7. The second-order valence-electron chi connectivity index (χ2n) is 7.32. The average Bonchev–Trinajstić information content (AvgIpc) is 2.77. The maximum atomic E-state index is 12.9. The standard InChI is InChI=1S/C23H24N4O3/c1-14(2)20(16-9-11-18(12-10-16)22(28)27-30)26-23(29)19-13-24-21(25-15(19)3)17-7-5-4-6-8-17/h4-14,20,30H,1-3H3,(H,26,29)(H,27,28). The molecule has 7 heteroatoms. The number of hydrogen-bond acceptors (Lipinski definition) is 5. The zero-order valence-corrected chi connectivity index (χ0v) is 17.1. The van der Waals surface area contributed by atoms with Crippen molar-refractivity contribution in [2.75, 3.05) is 0 Å². The third-order valence-electron chi connectivity index (χ3n) is 4.84. The number of nitrogens with one attached hydrogen (secondary N) is 2. The van der Waals surface area contributed by atoms with Crippen molar-refractivity contribution in [3.8, 4) is 11.4 Å². The Kier molecular flexibility index (Phi) is 6.54. The van der Waals surface area contributed by atoms with Crippen molar-refractivity contribution >= 4 is 11.8 Å². The van der Waals surface area contributed by atoms with E-state index in [9.17, 15) is 9.59 Å². The molecular weight excluding hydrogens is 380 g/mol. The van der Waals surface area contributed by atoms with E-state index >= 15 is 0 Å². The van der Waals surface area contributed by atoms with Gasteiger partial charge in [-0.1, -0.05) is 56.3 Å². The van der Waals surface area contributed by atoms with Crippen LogP contribution in [0.1, 0.15) is 51.9 Å². The average molecular weight is 404 g/mol. The first kappa shape index (κ1) is 21.1. The van der Waals surface area contributed by atoms with Crippen LogP contribution >= 0.6 is 0 Å². The number of carbonyl (C=O) groups excluding carboxylic acids is 2. The summed E-state index contributed by atoms with van der Waals surface area (Å²) in [6, 6.07) is 16.1. The van der Waals surface area contributed by atoms with Gasteiger partial charge < -0.3 is 5.32 Å². The van der Waals surface area contributed by atoms with Crippen molar-refractivity contribution in [3.05, 3.63) is 83.2 Å². The summed E-state index contributed by atoms with van der Waals surface area (Å²) in [5.74, 6) is -0.167. The molecular formula is C23H24N4O3. The first-order chi connectivity index (χ1) is 14.4. The number of hydrogen-bond donors (Lipinski definition) is 3. The summed E-state index contributed by atoms with van der Waals surface area (Å²) in [7, 11) is 0. The molecule has 1 unspecified atom stereocenters. The van der Waals surface area contributed by atoms with Gasteiger partial charge in [-0.25, -0.2) is 15.4 Å². The SMILES string of the molecule is Cc1nc(-c2ccccc2)ncc1C(=O)NC(c1ccc(C(=O)NO)cc1)C(C)C. The first-order valence-electron chi connectivity index (χ1n) is 9.65. The summed E-state index contributed by atoms with van der Waals surface area (Å²) in [6.45, 7) is 5.79. The van der Waals surface area contributed by atoms with Crippen LogP contribution in [-0.4, -0.2) is 27.0 Å². The van der Waals surface area contributed by atoms with Crippen LogP contribution in [0.15, 0.2) is 60.8 Å². The molecule has 0 spiro atoms. The molecule has 30 heavy (non-hydrogen) atoms. The monoisotopic (exact) mass is 404 g/mol. The summed E-state index contributed by atoms with van der Waals surface area (Å²) in [6.07, 6.45) is 1.55. The molecule has 3 rings (SSSR count). The molecule has 0 aliphatic carbocycles. The third-order valence-corrected chi connectivity index (χ3v) is 4.84. The van der Waals surface area contributed by atoms with Crippen LogP contribution in [0.4, 0.5) is 0 Å². The summed E-state index contributed by atoms with van der Waals surface area (Å²) in [5.41, 5.74) is 4.69. The van der Waals surface area contributed by atoms with Crippen LogP contribution in [0.25, 0.3) is 11.4 Å². The maximum Gasteiger partial charge on any atom is 0.274 e. The fourth-order valence-corrected chi connectivity index (χ4v) is 3.18. The lowest BCUT2D eigenvalue weighted by Gasteiger charge is -2.23. The normalized spacial score (nSPS) is 11.8. The van der Waals surface area contributed by atoms with Gasteiger partial charge in [0.1, 0.15) is 0 Å². The Hall–Kier alpha value is -3.58. The summed E-state index contributed by atoms with van der Waals surface area (Å²) in [5, 5.41) is 11.8. The number of aryl methyl sites for hydroxylation is 1. The number of nitrogens with zero attached hydrogens (tertiary/aromatic N) is 2. The molecule has 1 aromatic heterocycles. The molecule has 2 amide bonds. The lowest BCUT2D eigenvalue weighted by Crippen LogP contribution is -2.32. The summed E-state index contributed by atoms with van der Waals surface area (Å²) >= 11 is 0. The molecule has 0 saturated heterocycles. The maximum absolute atomic E-state index is 12.9. The smallest absolute Gasteiger partial charge is 0.274 e. The summed E-state index contributed by atoms with van der Waals surface area (Å²) in [4.78, 5) is 33.3. The number of carbonyl (C=O) groups is 2. The van der Waals surface area contributed by atoms with Crippen molar-refractivity contribution < 1.29 is 14.8 Å². The molecule has 154 valence electrons. The zero-order valence-electron chi connectivity index (χ0n) is 17.1. The van der Waals surface area contributed by atoms with Gasteiger partial charge in [0.25, 0.3) is 11.8 Å². The molecule has 3 N–H and O–H groups in total. The second-order valence-corrected chi connectivity index (χ2v) is 7.32. The fraction of sp³-hybridized carbons (Fsp3) is 0.217. The Morgan fingerprint density at radius 3 is 2.20 bits per heavy atom. The van der Waals surface area contributed by atoms with Crippen molar-refractivity contribution in [2.24, 2.45) is 5.92 Å². The van der Waals surface area contributed by atoms with Gasteiger partial charge in [-0.05, 0) is 30.5 Å². The van der Waals surface area contributed by atoms with Crippen molar-refractivity contribution in [1.29, 1.82) is 0 Å².